The van der Waals surface area contributed by atoms with Crippen LogP contribution in [0.25, 0.3) is 11.1 Å². The fourth-order valence-corrected chi connectivity index (χ4v) is 9.82. The second-order valence-corrected chi connectivity index (χ2v) is 22.4. The summed E-state index contributed by atoms with van der Waals surface area (Å²) >= 11 is 0. The Morgan fingerprint density at radius 3 is 1.16 bits per heavy atom. The number of amides is 6. The van der Waals surface area contributed by atoms with Crippen molar-refractivity contribution in [2.75, 3.05) is 40.3 Å². The smallest absolute Gasteiger partial charge is 0.246 e. The summed E-state index contributed by atoms with van der Waals surface area (Å²) in [5.74, 6) is -1.22. The normalized spacial score (nSPS) is 17.5. The Hall–Kier alpha value is -6.38. The number of hydrogen-bond acceptors (Lipinski definition) is 8. The molecule has 0 aromatic heterocycles. The Bertz CT molecular complexity index is 2330. The van der Waals surface area contributed by atoms with Gasteiger partial charge in [0.25, 0.3) is 0 Å². The highest BCUT2D eigenvalue weighted by atomic mass is 16.2. The third-order valence-corrected chi connectivity index (χ3v) is 14.7. The molecule has 0 bridgehead atoms. The second-order valence-electron chi connectivity index (χ2n) is 22.4. The Labute approximate surface area is 440 Å². The van der Waals surface area contributed by atoms with Gasteiger partial charge in [-0.15, -0.1) is 0 Å². The van der Waals surface area contributed by atoms with Gasteiger partial charge in [-0.05, 0) is 111 Å². The first kappa shape index (κ1) is 56.9. The number of carbonyl (C=O) groups excluding carboxylic acids is 6. The van der Waals surface area contributed by atoms with Crippen molar-refractivity contribution in [1.29, 1.82) is 0 Å². The van der Waals surface area contributed by atoms with E-state index in [1.54, 1.807) is 37.7 Å². The van der Waals surface area contributed by atoms with Gasteiger partial charge in [-0.3, -0.25) is 28.8 Å². The van der Waals surface area contributed by atoms with Crippen LogP contribution < -0.4 is 21.3 Å². The van der Waals surface area contributed by atoms with Crippen molar-refractivity contribution in [3.63, 3.8) is 0 Å². The van der Waals surface area contributed by atoms with Gasteiger partial charge in [-0.1, -0.05) is 151 Å². The van der Waals surface area contributed by atoms with E-state index in [1.165, 1.54) is 0 Å². The molecule has 4 aromatic carbocycles. The lowest BCUT2D eigenvalue weighted by molar-refractivity contribution is -0.147. The summed E-state index contributed by atoms with van der Waals surface area (Å²) in [7, 11) is 3.41. The molecule has 2 aliphatic rings. The highest BCUT2D eigenvalue weighted by Gasteiger charge is 2.45. The van der Waals surface area contributed by atoms with Gasteiger partial charge in [0.1, 0.15) is 24.2 Å². The van der Waals surface area contributed by atoms with Crippen molar-refractivity contribution in [3.05, 3.63) is 131 Å². The highest BCUT2D eigenvalue weighted by Crippen LogP contribution is 2.30. The fourth-order valence-electron chi connectivity index (χ4n) is 9.82. The minimum Gasteiger partial charge on any atom is -0.342 e. The van der Waals surface area contributed by atoms with E-state index in [0.29, 0.717) is 77.8 Å². The minimum atomic E-state index is -0.804. The number of likely N-dealkylation sites (N-methyl/N-ethyl adjacent to an activating group) is 2. The van der Waals surface area contributed by atoms with Crippen LogP contribution in [0.2, 0.25) is 0 Å². The quantitative estimate of drug-likeness (QED) is 0.0713. The summed E-state index contributed by atoms with van der Waals surface area (Å²) in [4.78, 5) is 91.3. The van der Waals surface area contributed by atoms with Crippen LogP contribution in [0.1, 0.15) is 103 Å². The van der Waals surface area contributed by atoms with E-state index < -0.39 is 47.1 Å². The topological polar surface area (TPSA) is 164 Å². The Morgan fingerprint density at radius 1 is 0.514 bits per heavy atom. The van der Waals surface area contributed by atoms with E-state index in [9.17, 15) is 28.8 Å². The van der Waals surface area contributed by atoms with Crippen LogP contribution >= 0.6 is 0 Å². The van der Waals surface area contributed by atoms with E-state index in [1.807, 2.05) is 112 Å². The molecule has 2 aliphatic heterocycles. The summed E-state index contributed by atoms with van der Waals surface area (Å²) in [5, 5.41) is 11.9. The van der Waals surface area contributed by atoms with Gasteiger partial charge in [0, 0.05) is 39.3 Å². The third-order valence-electron chi connectivity index (χ3n) is 14.7. The molecule has 0 spiro atoms. The summed E-state index contributed by atoms with van der Waals surface area (Å²) in [6.45, 7) is 17.6. The van der Waals surface area contributed by atoms with E-state index >= 15 is 0 Å². The monoisotopic (exact) mass is 1010 g/mol. The van der Waals surface area contributed by atoms with Crippen molar-refractivity contribution >= 4 is 35.4 Å². The van der Waals surface area contributed by atoms with Crippen LogP contribution in [0.15, 0.2) is 109 Å². The first-order valence-electron chi connectivity index (χ1n) is 26.6. The molecule has 0 unspecified atom stereocenters. The Balaban J connectivity index is 1.18. The van der Waals surface area contributed by atoms with Gasteiger partial charge >= 0.3 is 0 Å². The fraction of sp³-hybridized carbons (Fsp3) is 0.500. The molecule has 74 heavy (non-hydrogen) atoms. The van der Waals surface area contributed by atoms with Crippen LogP contribution in [-0.4, -0.2) is 132 Å². The molecule has 2 fully saturated rings. The van der Waals surface area contributed by atoms with E-state index in [0.717, 1.165) is 33.4 Å². The van der Waals surface area contributed by atoms with E-state index in [4.69, 9.17) is 0 Å². The molecular weight excluding hydrogens is 929 g/mol. The summed E-state index contributed by atoms with van der Waals surface area (Å²) < 4.78 is 0. The van der Waals surface area contributed by atoms with Crippen molar-refractivity contribution in [2.45, 2.75) is 143 Å². The summed E-state index contributed by atoms with van der Waals surface area (Å²) in [6.07, 6.45) is 3.79. The van der Waals surface area contributed by atoms with Crippen LogP contribution in [-0.2, 0) is 54.7 Å². The maximum atomic E-state index is 14.7. The zero-order valence-electron chi connectivity index (χ0n) is 45.6. The molecule has 398 valence electrons. The van der Waals surface area contributed by atoms with Crippen LogP contribution in [0.4, 0.5) is 0 Å². The number of likely N-dealkylation sites (tertiary alicyclic amines) is 2. The lowest BCUT2D eigenvalue weighted by atomic mass is 9.85. The number of hydrogen-bond donors (Lipinski definition) is 4. The number of carbonyl (C=O) groups is 6. The number of nitrogens with one attached hydrogen (secondary N) is 4. The van der Waals surface area contributed by atoms with Gasteiger partial charge < -0.3 is 40.9 Å². The standard InChI is InChI=1S/C60H82N8O6/c1-41(61-9)53(69)63-51(59(3,4)5)57(73)67-35-17-23-49(67)55(71)65(37-33-43-19-13-11-14-20-43)39-45-25-29-47(30-26-45)48-31-27-46(28-32-48)40-66(38-34-44-21-15-12-16-22-44)56(72)50-24-18-36-68(50)58(74)52(60(6,7)8)64-54(70)42(2)62-10/h11-16,19-22,25-32,41-42,49-52,61-62H,17-18,23-24,33-40H2,1-10H3,(H,63,69)(H,64,70)/t41-,42-,49-,50-,51+,52+/m0/s1. The molecule has 14 nitrogen and oxygen atoms in total. The highest BCUT2D eigenvalue weighted by molar-refractivity contribution is 5.95. The minimum absolute atomic E-state index is 0.102. The van der Waals surface area contributed by atoms with Gasteiger partial charge in [0.2, 0.25) is 35.4 Å². The maximum Gasteiger partial charge on any atom is 0.246 e. The average Bonchev–Trinajstić information content (AvgIpc) is 4.10. The first-order chi connectivity index (χ1) is 35.2. The van der Waals surface area contributed by atoms with E-state index in [2.05, 4.69) is 69.8 Å². The Morgan fingerprint density at radius 2 is 0.851 bits per heavy atom. The molecule has 0 saturated carbocycles. The molecule has 6 amide bonds. The van der Waals surface area contributed by atoms with Crippen molar-refractivity contribution in [2.24, 2.45) is 10.8 Å². The largest absolute Gasteiger partial charge is 0.342 e. The third kappa shape index (κ3) is 14.9. The molecule has 4 N–H and O–H groups in total. The number of benzene rings is 4. The van der Waals surface area contributed by atoms with Crippen molar-refractivity contribution in [3.8, 4) is 11.1 Å². The predicted octanol–water partition coefficient (Wildman–Crippen LogP) is 6.76. The first-order valence-corrected chi connectivity index (χ1v) is 26.6. The molecule has 4 aromatic rings. The molecule has 0 aliphatic carbocycles. The maximum absolute atomic E-state index is 14.7. The number of nitrogens with zero attached hydrogens (tertiary/aromatic N) is 4. The lowest BCUT2D eigenvalue weighted by Crippen LogP contribution is -2.59. The second kappa shape index (κ2) is 25.7. The van der Waals surface area contributed by atoms with Crippen molar-refractivity contribution in [1.82, 2.24) is 40.9 Å². The molecule has 6 atom stereocenters. The van der Waals surface area contributed by atoms with Crippen molar-refractivity contribution < 1.29 is 28.8 Å². The zero-order valence-corrected chi connectivity index (χ0v) is 45.6. The zero-order chi connectivity index (χ0) is 53.7. The predicted molar refractivity (Wildman–Crippen MR) is 292 cm³/mol. The van der Waals surface area contributed by atoms with Gasteiger partial charge in [-0.2, -0.15) is 0 Å². The van der Waals surface area contributed by atoms with Crippen LogP contribution in [0.3, 0.4) is 0 Å². The SMILES string of the molecule is CN[C@@H](C)C(=O)N[C@H](C(=O)N1CCC[C@H]1C(=O)N(CCc1ccccc1)Cc1ccc(-c2ccc(CN(CCc3ccccc3)C(=O)[C@@H]3CCCN3C(=O)[C@@H](NC(=O)[C@H](C)NC)C(C)(C)C)cc2)cc1)C(C)(C)C. The lowest BCUT2D eigenvalue weighted by Gasteiger charge is -2.37. The van der Waals surface area contributed by atoms with Gasteiger partial charge in [-0.25, -0.2) is 0 Å². The summed E-state index contributed by atoms with van der Waals surface area (Å²) in [6, 6.07) is 32.8. The van der Waals surface area contributed by atoms with E-state index in [-0.39, 0.29) is 35.4 Å². The molecule has 0 radical (unpaired) electrons. The molecule has 14 heteroatoms. The van der Waals surface area contributed by atoms with Gasteiger partial charge in [0.05, 0.1) is 12.1 Å². The average molecular weight is 1010 g/mol. The molecule has 2 saturated heterocycles. The van der Waals surface area contributed by atoms with Crippen LogP contribution in [0.5, 0.6) is 0 Å². The molecule has 2 heterocycles. The summed E-state index contributed by atoms with van der Waals surface area (Å²) in [5.41, 5.74) is 4.97. The van der Waals surface area contributed by atoms with Crippen LogP contribution in [0, 0.1) is 10.8 Å². The number of rotatable bonds is 21. The van der Waals surface area contributed by atoms with Gasteiger partial charge in [0.15, 0.2) is 0 Å². The molecule has 6 rings (SSSR count). The molecular formula is C60H82N8O6. The Kier molecular flexibility index (Phi) is 19.8.